The largest absolute Gasteiger partial charge is 0.444 e. The van der Waals surface area contributed by atoms with Crippen molar-refractivity contribution in [1.29, 1.82) is 0 Å². The van der Waals surface area contributed by atoms with E-state index in [1.165, 1.54) is 16.0 Å². The van der Waals surface area contributed by atoms with Gasteiger partial charge in [-0.25, -0.2) is 4.79 Å². The molecule has 4 rings (SSSR count). The lowest BCUT2D eigenvalue weighted by molar-refractivity contribution is -0.945. The quantitative estimate of drug-likeness (QED) is 0.706. The summed E-state index contributed by atoms with van der Waals surface area (Å²) in [6.45, 7) is 6.63. The third-order valence-corrected chi connectivity index (χ3v) is 5.33. The van der Waals surface area contributed by atoms with E-state index >= 15 is 0 Å². The van der Waals surface area contributed by atoms with Gasteiger partial charge in [0.05, 0.1) is 0 Å². The number of unbranched alkanes of at least 4 members (excludes halogenated alkanes) is 1. The van der Waals surface area contributed by atoms with E-state index in [2.05, 4.69) is 37.3 Å². The number of benzene rings is 2. The van der Waals surface area contributed by atoms with E-state index in [0.717, 1.165) is 54.6 Å². The third kappa shape index (κ3) is 3.62. The normalized spacial score (nSPS) is 16.1. The Morgan fingerprint density at radius 1 is 1.15 bits per heavy atom. The highest BCUT2D eigenvalue weighted by Crippen LogP contribution is 2.33. The number of hydrogen-bond donors (Lipinski definition) is 1. The minimum atomic E-state index is -0.274. The van der Waals surface area contributed by atoms with Gasteiger partial charge in [-0.2, -0.15) is 0 Å². The summed E-state index contributed by atoms with van der Waals surface area (Å²) in [4.78, 5) is 13.4. The second-order valence-corrected chi connectivity index (χ2v) is 7.44. The minimum Gasteiger partial charge on any atom is -0.444 e. The first-order chi connectivity index (χ1) is 13.2. The fourth-order valence-electron chi connectivity index (χ4n) is 3.97. The fraction of sp³-hybridized carbons (Fsp3) is 0.348. The minimum absolute atomic E-state index is 0.274. The molecule has 0 bridgehead atoms. The molecule has 3 aromatic rings. The summed E-state index contributed by atoms with van der Waals surface area (Å²) in [5.74, 6) is 0.884. The number of hydrogen-bond acceptors (Lipinski definition) is 3. The van der Waals surface area contributed by atoms with Crippen LogP contribution in [0.25, 0.3) is 11.0 Å². The molecule has 1 aliphatic heterocycles. The van der Waals surface area contributed by atoms with Crippen molar-refractivity contribution in [1.82, 2.24) is 0 Å². The molecule has 0 saturated heterocycles. The lowest BCUT2D eigenvalue weighted by Gasteiger charge is -2.27. The molecule has 1 aromatic heterocycles. The summed E-state index contributed by atoms with van der Waals surface area (Å²) in [5.41, 5.74) is 4.94. The fourth-order valence-corrected chi connectivity index (χ4v) is 3.97. The van der Waals surface area contributed by atoms with Gasteiger partial charge in [0.15, 0.2) is 0 Å². The van der Waals surface area contributed by atoms with E-state index in [4.69, 9.17) is 9.15 Å². The van der Waals surface area contributed by atoms with Crippen LogP contribution in [0.3, 0.4) is 0 Å². The molecule has 0 amide bonds. The Morgan fingerprint density at radius 3 is 2.74 bits per heavy atom. The van der Waals surface area contributed by atoms with Gasteiger partial charge in [0.1, 0.15) is 24.4 Å². The van der Waals surface area contributed by atoms with E-state index in [-0.39, 0.29) is 5.63 Å². The molecular weight excluding hydrogens is 338 g/mol. The molecule has 27 heavy (non-hydrogen) atoms. The maximum atomic E-state index is 12.0. The van der Waals surface area contributed by atoms with Gasteiger partial charge in [-0.05, 0) is 31.4 Å². The maximum Gasteiger partial charge on any atom is 0.336 e. The van der Waals surface area contributed by atoms with Gasteiger partial charge < -0.3 is 9.15 Å². The topological polar surface area (TPSA) is 43.9 Å². The number of aryl methyl sites for hydroxylation is 2. The van der Waals surface area contributed by atoms with Gasteiger partial charge in [-0.1, -0.05) is 43.7 Å². The molecular formula is C23H26NO3+. The lowest BCUT2D eigenvalue weighted by atomic mass is 9.98. The predicted molar refractivity (Wildman–Crippen MR) is 106 cm³/mol. The van der Waals surface area contributed by atoms with Gasteiger partial charge in [0.2, 0.25) is 6.73 Å². The highest BCUT2D eigenvalue weighted by Gasteiger charge is 2.25. The van der Waals surface area contributed by atoms with Crippen molar-refractivity contribution in [3.8, 4) is 5.75 Å². The summed E-state index contributed by atoms with van der Waals surface area (Å²) >= 11 is 0. The second-order valence-electron chi connectivity index (χ2n) is 7.44. The molecule has 2 aromatic carbocycles. The van der Waals surface area contributed by atoms with Crippen LogP contribution in [-0.4, -0.2) is 6.73 Å². The number of quaternary nitrogens is 1. The standard InChI is InChI=1S/C23H25NO3/c1-3-4-10-18-12-21(25)27-23-16(2)22-19(11-20(18)23)14-24(15-26-22)13-17-8-6-5-7-9-17/h5-9,11-12H,3-4,10,13-15H2,1-2H3/p+1. The Bertz CT molecular complexity index is 1010. The van der Waals surface area contributed by atoms with Gasteiger partial charge in [-0.15, -0.1) is 0 Å². The first kappa shape index (κ1) is 17.8. The van der Waals surface area contributed by atoms with Gasteiger partial charge in [0.25, 0.3) is 0 Å². The van der Waals surface area contributed by atoms with Gasteiger partial charge in [-0.3, -0.25) is 4.90 Å². The number of ether oxygens (including phenoxy) is 1. The Balaban J connectivity index is 1.71. The molecule has 2 heterocycles. The van der Waals surface area contributed by atoms with Crippen molar-refractivity contribution >= 4 is 11.0 Å². The molecule has 0 saturated carbocycles. The van der Waals surface area contributed by atoms with Gasteiger partial charge in [0, 0.05) is 28.1 Å². The van der Waals surface area contributed by atoms with Crippen LogP contribution in [0.1, 0.15) is 42.0 Å². The average molecular weight is 364 g/mol. The van der Waals surface area contributed by atoms with Crippen molar-refractivity contribution in [2.45, 2.75) is 46.2 Å². The van der Waals surface area contributed by atoms with E-state index in [1.807, 2.05) is 13.0 Å². The Hall–Kier alpha value is -2.59. The van der Waals surface area contributed by atoms with Crippen LogP contribution in [0.4, 0.5) is 0 Å². The molecule has 0 fully saturated rings. The predicted octanol–water partition coefficient (Wildman–Crippen LogP) is 3.38. The first-order valence-corrected chi connectivity index (χ1v) is 9.75. The Kier molecular flexibility index (Phi) is 4.99. The van der Waals surface area contributed by atoms with Crippen molar-refractivity contribution in [3.05, 3.63) is 75.1 Å². The lowest BCUT2D eigenvalue weighted by Crippen LogP contribution is -3.10. The van der Waals surface area contributed by atoms with Crippen LogP contribution >= 0.6 is 0 Å². The van der Waals surface area contributed by atoms with Crippen LogP contribution in [0.15, 0.2) is 51.7 Å². The zero-order valence-corrected chi connectivity index (χ0v) is 16.0. The van der Waals surface area contributed by atoms with Crippen LogP contribution in [-0.2, 0) is 19.5 Å². The molecule has 1 N–H and O–H groups in total. The van der Waals surface area contributed by atoms with Crippen LogP contribution in [0.2, 0.25) is 0 Å². The van der Waals surface area contributed by atoms with Crippen molar-refractivity contribution in [3.63, 3.8) is 0 Å². The first-order valence-electron chi connectivity index (χ1n) is 9.75. The van der Waals surface area contributed by atoms with Crippen LogP contribution < -0.4 is 15.3 Å². The zero-order valence-electron chi connectivity index (χ0n) is 16.0. The highest BCUT2D eigenvalue weighted by molar-refractivity contribution is 5.86. The molecule has 4 heteroatoms. The maximum absolute atomic E-state index is 12.0. The van der Waals surface area contributed by atoms with Crippen molar-refractivity contribution in [2.75, 3.05) is 6.73 Å². The summed E-state index contributed by atoms with van der Waals surface area (Å²) in [6.07, 6.45) is 3.07. The third-order valence-electron chi connectivity index (χ3n) is 5.33. The molecule has 1 atom stereocenters. The van der Waals surface area contributed by atoms with E-state index in [9.17, 15) is 4.79 Å². The molecule has 1 unspecified atom stereocenters. The monoisotopic (exact) mass is 364 g/mol. The van der Waals surface area contributed by atoms with E-state index in [0.29, 0.717) is 12.3 Å². The Labute approximate surface area is 159 Å². The number of fused-ring (bicyclic) bond motifs is 2. The smallest absolute Gasteiger partial charge is 0.336 e. The zero-order chi connectivity index (χ0) is 18.8. The van der Waals surface area contributed by atoms with Crippen molar-refractivity contribution < 1.29 is 14.1 Å². The molecule has 0 radical (unpaired) electrons. The number of nitrogens with one attached hydrogen (secondary N) is 1. The molecule has 0 spiro atoms. The molecule has 4 nitrogen and oxygen atoms in total. The molecule has 0 aliphatic carbocycles. The molecule has 1 aliphatic rings. The van der Waals surface area contributed by atoms with Gasteiger partial charge >= 0.3 is 5.63 Å². The van der Waals surface area contributed by atoms with Crippen LogP contribution in [0.5, 0.6) is 5.75 Å². The summed E-state index contributed by atoms with van der Waals surface area (Å²) in [7, 11) is 0. The summed E-state index contributed by atoms with van der Waals surface area (Å²) < 4.78 is 11.7. The van der Waals surface area contributed by atoms with Crippen molar-refractivity contribution in [2.24, 2.45) is 0 Å². The summed E-state index contributed by atoms with van der Waals surface area (Å²) in [5, 5.41) is 1.06. The Morgan fingerprint density at radius 2 is 1.96 bits per heavy atom. The SMILES string of the molecule is CCCCc1cc(=O)oc2c(C)c3c(cc12)C[NH+](Cc1ccccc1)CO3. The average Bonchev–Trinajstić information content (AvgIpc) is 2.68. The molecule has 140 valence electrons. The van der Waals surface area contributed by atoms with E-state index < -0.39 is 0 Å². The second kappa shape index (κ2) is 7.57. The number of rotatable bonds is 5. The van der Waals surface area contributed by atoms with Crippen LogP contribution in [0, 0.1) is 6.92 Å². The van der Waals surface area contributed by atoms with E-state index in [1.54, 1.807) is 6.07 Å². The summed E-state index contributed by atoms with van der Waals surface area (Å²) in [6, 6.07) is 14.3. The highest BCUT2D eigenvalue weighted by atomic mass is 16.5.